The van der Waals surface area contributed by atoms with E-state index in [9.17, 15) is 4.79 Å². The molecular formula is C14H11BrCl2OS. The number of rotatable bonds is 4. The van der Waals surface area contributed by atoms with E-state index in [1.54, 1.807) is 12.1 Å². The van der Waals surface area contributed by atoms with Crippen LogP contribution in [0.15, 0.2) is 28.7 Å². The Labute approximate surface area is 134 Å². The molecule has 0 bridgehead atoms. The number of benzene rings is 1. The highest BCUT2D eigenvalue weighted by Gasteiger charge is 2.14. The van der Waals surface area contributed by atoms with Crippen molar-refractivity contribution in [2.45, 2.75) is 19.8 Å². The molecule has 0 fully saturated rings. The van der Waals surface area contributed by atoms with Crippen LogP contribution in [-0.2, 0) is 0 Å². The van der Waals surface area contributed by atoms with Gasteiger partial charge in [-0.25, -0.2) is 0 Å². The van der Waals surface area contributed by atoms with Gasteiger partial charge in [0.2, 0.25) is 0 Å². The van der Waals surface area contributed by atoms with Gasteiger partial charge in [-0.1, -0.05) is 46.1 Å². The van der Waals surface area contributed by atoms with Crippen molar-refractivity contribution in [1.82, 2.24) is 0 Å². The van der Waals surface area contributed by atoms with E-state index in [2.05, 4.69) is 15.9 Å². The molecular weight excluding hydrogens is 367 g/mol. The van der Waals surface area contributed by atoms with Gasteiger partial charge in [0.1, 0.15) is 0 Å². The molecule has 0 radical (unpaired) electrons. The number of ketones is 1. The molecule has 2 aromatic rings. The van der Waals surface area contributed by atoms with Crippen LogP contribution in [0.3, 0.4) is 0 Å². The van der Waals surface area contributed by atoms with Crippen LogP contribution < -0.4 is 0 Å². The Morgan fingerprint density at radius 2 is 1.89 bits per heavy atom. The van der Waals surface area contributed by atoms with Gasteiger partial charge in [0.25, 0.3) is 0 Å². The molecule has 1 heterocycles. The molecule has 0 amide bonds. The largest absolute Gasteiger partial charge is 0.293 e. The highest BCUT2D eigenvalue weighted by atomic mass is 79.9. The van der Waals surface area contributed by atoms with E-state index in [1.165, 1.54) is 11.3 Å². The fraction of sp³-hybridized carbons (Fsp3) is 0.214. The zero-order valence-electron chi connectivity index (χ0n) is 10.2. The molecule has 0 saturated heterocycles. The Hall–Kier alpha value is -0.350. The molecule has 0 atom stereocenters. The third-order valence-corrected chi connectivity index (χ3v) is 4.81. The van der Waals surface area contributed by atoms with Crippen molar-refractivity contribution in [1.29, 1.82) is 0 Å². The minimum atomic E-state index is 0.170. The Kier molecular flexibility index (Phi) is 5.07. The van der Waals surface area contributed by atoms with Gasteiger partial charge in [0, 0.05) is 21.3 Å². The second kappa shape index (κ2) is 6.40. The molecule has 0 unspecified atom stereocenters. The summed E-state index contributed by atoms with van der Waals surface area (Å²) in [4.78, 5) is 13.5. The van der Waals surface area contributed by atoms with Crippen molar-refractivity contribution >= 4 is 56.3 Å². The molecule has 0 aliphatic heterocycles. The lowest BCUT2D eigenvalue weighted by Crippen LogP contribution is -1.93. The predicted molar refractivity (Wildman–Crippen MR) is 86.7 cm³/mol. The minimum absolute atomic E-state index is 0.170. The maximum absolute atomic E-state index is 11.9. The van der Waals surface area contributed by atoms with Gasteiger partial charge in [-0.3, -0.25) is 4.79 Å². The molecule has 1 aromatic heterocycles. The molecule has 5 heteroatoms. The van der Waals surface area contributed by atoms with E-state index in [0.717, 1.165) is 26.2 Å². The number of Topliss-reactive ketones (excluding diaryl/α,β-unsaturated/α-hetero) is 1. The first-order chi connectivity index (χ1) is 9.02. The number of thiophene rings is 1. The standard InChI is InChI=1S/C14H11BrCl2OS/c1-2-3-11(18)12-4-5-13(19-12)14-9(16)6-8(15)7-10(14)17/h4-7H,2-3H2,1H3. The molecule has 0 aliphatic rings. The van der Waals surface area contributed by atoms with Crippen molar-refractivity contribution in [2.75, 3.05) is 0 Å². The fourth-order valence-electron chi connectivity index (χ4n) is 1.75. The van der Waals surface area contributed by atoms with Gasteiger partial charge in [-0.2, -0.15) is 0 Å². The second-order valence-corrected chi connectivity index (χ2v) is 6.90. The van der Waals surface area contributed by atoms with Crippen molar-refractivity contribution in [3.63, 3.8) is 0 Å². The lowest BCUT2D eigenvalue weighted by Gasteiger charge is -2.05. The number of hydrogen-bond donors (Lipinski definition) is 0. The maximum atomic E-state index is 11.9. The summed E-state index contributed by atoms with van der Waals surface area (Å²) in [7, 11) is 0. The zero-order valence-corrected chi connectivity index (χ0v) is 14.1. The van der Waals surface area contributed by atoms with E-state index in [4.69, 9.17) is 23.2 Å². The Morgan fingerprint density at radius 3 is 2.47 bits per heavy atom. The Balaban J connectivity index is 2.41. The quantitative estimate of drug-likeness (QED) is 0.558. The molecule has 2 rings (SSSR count). The fourth-order valence-corrected chi connectivity index (χ4v) is 4.32. The summed E-state index contributed by atoms with van der Waals surface area (Å²) in [6.45, 7) is 1.99. The summed E-state index contributed by atoms with van der Waals surface area (Å²) in [6, 6.07) is 7.34. The van der Waals surface area contributed by atoms with Crippen molar-refractivity contribution in [3.8, 4) is 10.4 Å². The van der Waals surface area contributed by atoms with Gasteiger partial charge >= 0.3 is 0 Å². The zero-order chi connectivity index (χ0) is 14.0. The predicted octanol–water partition coefficient (Wildman–Crippen LogP) is 6.47. The molecule has 19 heavy (non-hydrogen) atoms. The molecule has 0 saturated carbocycles. The minimum Gasteiger partial charge on any atom is -0.293 e. The highest BCUT2D eigenvalue weighted by Crippen LogP contribution is 2.40. The van der Waals surface area contributed by atoms with E-state index >= 15 is 0 Å². The smallest absolute Gasteiger partial charge is 0.172 e. The summed E-state index contributed by atoms with van der Waals surface area (Å²) in [5.74, 6) is 0.170. The molecule has 0 spiro atoms. The molecule has 100 valence electrons. The second-order valence-electron chi connectivity index (χ2n) is 4.08. The van der Waals surface area contributed by atoms with Crippen LogP contribution in [0, 0.1) is 0 Å². The van der Waals surface area contributed by atoms with Gasteiger partial charge in [-0.05, 0) is 30.7 Å². The van der Waals surface area contributed by atoms with Crippen LogP contribution >= 0.6 is 50.5 Å². The number of carbonyl (C=O) groups excluding carboxylic acids is 1. The van der Waals surface area contributed by atoms with E-state index in [-0.39, 0.29) is 5.78 Å². The van der Waals surface area contributed by atoms with E-state index < -0.39 is 0 Å². The first-order valence-corrected chi connectivity index (χ1v) is 8.17. The summed E-state index contributed by atoms with van der Waals surface area (Å²) in [5, 5.41) is 1.16. The maximum Gasteiger partial charge on any atom is 0.172 e. The third kappa shape index (κ3) is 3.40. The summed E-state index contributed by atoms with van der Waals surface area (Å²) >= 11 is 17.2. The lowest BCUT2D eigenvalue weighted by molar-refractivity contribution is 0.0985. The molecule has 0 N–H and O–H groups in total. The van der Waals surface area contributed by atoms with Gasteiger partial charge in [0.05, 0.1) is 14.9 Å². The average molecular weight is 378 g/mol. The number of carbonyl (C=O) groups is 1. The van der Waals surface area contributed by atoms with Gasteiger partial charge in [-0.15, -0.1) is 11.3 Å². The monoisotopic (exact) mass is 376 g/mol. The molecule has 0 aliphatic carbocycles. The third-order valence-electron chi connectivity index (χ3n) is 2.61. The average Bonchev–Trinajstić information content (AvgIpc) is 2.77. The normalized spacial score (nSPS) is 10.7. The SMILES string of the molecule is CCCC(=O)c1ccc(-c2c(Cl)cc(Br)cc2Cl)s1. The van der Waals surface area contributed by atoms with Crippen molar-refractivity contribution in [2.24, 2.45) is 0 Å². The first-order valence-electron chi connectivity index (χ1n) is 5.81. The van der Waals surface area contributed by atoms with Gasteiger partial charge in [0.15, 0.2) is 5.78 Å². The van der Waals surface area contributed by atoms with Crippen LogP contribution in [0.5, 0.6) is 0 Å². The first kappa shape index (κ1) is 15.0. The van der Waals surface area contributed by atoms with E-state index in [1.807, 2.05) is 19.1 Å². The number of hydrogen-bond acceptors (Lipinski definition) is 2. The summed E-state index contributed by atoms with van der Waals surface area (Å²) < 4.78 is 0.838. The Morgan fingerprint density at radius 1 is 1.26 bits per heavy atom. The van der Waals surface area contributed by atoms with Crippen LogP contribution in [0.4, 0.5) is 0 Å². The highest BCUT2D eigenvalue weighted by molar-refractivity contribution is 9.10. The van der Waals surface area contributed by atoms with Crippen LogP contribution in [-0.4, -0.2) is 5.78 Å². The summed E-state index contributed by atoms with van der Waals surface area (Å²) in [6.07, 6.45) is 1.42. The van der Waals surface area contributed by atoms with E-state index in [0.29, 0.717) is 16.5 Å². The van der Waals surface area contributed by atoms with Crippen LogP contribution in [0.25, 0.3) is 10.4 Å². The number of halogens is 3. The summed E-state index contributed by atoms with van der Waals surface area (Å²) in [5.41, 5.74) is 0.784. The molecule has 1 aromatic carbocycles. The van der Waals surface area contributed by atoms with Crippen LogP contribution in [0.2, 0.25) is 10.0 Å². The van der Waals surface area contributed by atoms with Crippen LogP contribution in [0.1, 0.15) is 29.4 Å². The molecule has 1 nitrogen and oxygen atoms in total. The lowest BCUT2D eigenvalue weighted by atomic mass is 10.2. The van der Waals surface area contributed by atoms with Gasteiger partial charge < -0.3 is 0 Å². The topological polar surface area (TPSA) is 17.1 Å². The van der Waals surface area contributed by atoms with Crippen molar-refractivity contribution in [3.05, 3.63) is 43.7 Å². The van der Waals surface area contributed by atoms with Crippen molar-refractivity contribution < 1.29 is 4.79 Å². The Bertz CT molecular complexity index is 599.